The molecule has 1 unspecified atom stereocenters. The molecule has 0 aliphatic carbocycles. The Bertz CT molecular complexity index is 354. The summed E-state index contributed by atoms with van der Waals surface area (Å²) in [5, 5.41) is 0. The molecule has 1 saturated heterocycles. The molecule has 3 nitrogen and oxygen atoms in total. The van der Waals surface area contributed by atoms with E-state index in [1.54, 1.807) is 0 Å². The van der Waals surface area contributed by atoms with E-state index >= 15 is 0 Å². The second-order valence-electron chi connectivity index (χ2n) is 4.97. The van der Waals surface area contributed by atoms with Crippen molar-refractivity contribution in [3.8, 4) is 5.75 Å². The van der Waals surface area contributed by atoms with Crippen molar-refractivity contribution >= 4 is 5.69 Å². The molecule has 0 saturated carbocycles. The summed E-state index contributed by atoms with van der Waals surface area (Å²) in [5.41, 5.74) is 6.45. The first-order chi connectivity index (χ1) is 8.24. The highest BCUT2D eigenvalue weighted by Crippen LogP contribution is 2.16. The lowest BCUT2D eigenvalue weighted by Gasteiger charge is -2.15. The molecular weight excluding hydrogens is 212 g/mol. The van der Waals surface area contributed by atoms with Gasteiger partial charge in [0.05, 0.1) is 6.61 Å². The lowest BCUT2D eigenvalue weighted by atomic mass is 10.2. The molecule has 1 aromatic rings. The Balaban J connectivity index is 1.63. The quantitative estimate of drug-likeness (QED) is 0.628. The highest BCUT2D eigenvalue weighted by Gasteiger charge is 2.17. The molecule has 1 fully saturated rings. The fourth-order valence-electron chi connectivity index (χ4n) is 2.31. The number of nitrogens with two attached hydrogens (primary N) is 1. The molecule has 17 heavy (non-hydrogen) atoms. The van der Waals surface area contributed by atoms with Crippen LogP contribution >= 0.6 is 0 Å². The summed E-state index contributed by atoms with van der Waals surface area (Å²) < 4.78 is 5.67. The van der Waals surface area contributed by atoms with Crippen molar-refractivity contribution in [1.29, 1.82) is 0 Å². The Hall–Kier alpha value is -1.22. The van der Waals surface area contributed by atoms with E-state index in [1.807, 2.05) is 24.3 Å². The lowest BCUT2D eigenvalue weighted by molar-refractivity contribution is 0.260. The molecule has 1 aromatic carbocycles. The normalized spacial score (nSPS) is 20.6. The van der Waals surface area contributed by atoms with E-state index in [2.05, 4.69) is 11.8 Å². The summed E-state index contributed by atoms with van der Waals surface area (Å²) >= 11 is 0. The minimum absolute atomic E-state index is 0.760. The van der Waals surface area contributed by atoms with Gasteiger partial charge in [-0.2, -0.15) is 0 Å². The van der Waals surface area contributed by atoms with Gasteiger partial charge in [0.2, 0.25) is 0 Å². The van der Waals surface area contributed by atoms with E-state index < -0.39 is 0 Å². The molecule has 0 aromatic heterocycles. The largest absolute Gasteiger partial charge is 0.493 e. The Morgan fingerprint density at radius 2 is 2.35 bits per heavy atom. The van der Waals surface area contributed by atoms with Crippen molar-refractivity contribution in [3.05, 3.63) is 24.3 Å². The Morgan fingerprint density at radius 3 is 3.06 bits per heavy atom. The van der Waals surface area contributed by atoms with Gasteiger partial charge >= 0.3 is 0 Å². The Morgan fingerprint density at radius 1 is 1.47 bits per heavy atom. The maximum absolute atomic E-state index is 5.69. The van der Waals surface area contributed by atoms with E-state index in [1.165, 1.54) is 19.5 Å². The van der Waals surface area contributed by atoms with Crippen LogP contribution in [0.15, 0.2) is 24.3 Å². The van der Waals surface area contributed by atoms with Crippen molar-refractivity contribution in [1.82, 2.24) is 4.90 Å². The fourth-order valence-corrected chi connectivity index (χ4v) is 2.31. The Kier molecular flexibility index (Phi) is 4.26. The van der Waals surface area contributed by atoms with Gasteiger partial charge in [-0.15, -0.1) is 0 Å². The zero-order valence-electron chi connectivity index (χ0n) is 10.6. The summed E-state index contributed by atoms with van der Waals surface area (Å²) in [7, 11) is 0. The second kappa shape index (κ2) is 5.92. The van der Waals surface area contributed by atoms with Gasteiger partial charge in [-0.1, -0.05) is 13.0 Å². The molecule has 1 aliphatic rings. The third-order valence-electron chi connectivity index (χ3n) is 3.25. The predicted molar refractivity (Wildman–Crippen MR) is 71.2 cm³/mol. The van der Waals surface area contributed by atoms with Crippen LogP contribution in [0.1, 0.15) is 19.8 Å². The van der Waals surface area contributed by atoms with Crippen LogP contribution in [0, 0.1) is 5.92 Å². The highest BCUT2D eigenvalue weighted by atomic mass is 16.5. The summed E-state index contributed by atoms with van der Waals surface area (Å²) in [5.74, 6) is 1.74. The first-order valence-electron chi connectivity index (χ1n) is 6.45. The highest BCUT2D eigenvalue weighted by molar-refractivity contribution is 5.43. The van der Waals surface area contributed by atoms with Crippen LogP contribution in [0.4, 0.5) is 5.69 Å². The molecule has 2 rings (SSSR count). The number of likely N-dealkylation sites (tertiary alicyclic amines) is 1. The fraction of sp³-hybridized carbons (Fsp3) is 0.571. The second-order valence-corrected chi connectivity index (χ2v) is 4.97. The van der Waals surface area contributed by atoms with Gasteiger partial charge in [-0.25, -0.2) is 0 Å². The number of nitrogens with zero attached hydrogens (tertiary/aromatic N) is 1. The standard InChI is InChI=1S/C14H22N2O/c1-12-6-8-16(11-12)7-3-9-17-14-5-2-4-13(15)10-14/h2,4-5,10,12H,3,6-9,11,15H2,1H3. The number of nitrogen functional groups attached to an aromatic ring is 1. The molecule has 1 heterocycles. The van der Waals surface area contributed by atoms with Crippen molar-refractivity contribution in [2.24, 2.45) is 5.92 Å². The van der Waals surface area contributed by atoms with Crippen molar-refractivity contribution in [2.75, 3.05) is 32.0 Å². The van der Waals surface area contributed by atoms with Crippen LogP contribution in [0.25, 0.3) is 0 Å². The average molecular weight is 234 g/mol. The zero-order chi connectivity index (χ0) is 12.1. The predicted octanol–water partition coefficient (Wildman–Crippen LogP) is 2.38. The van der Waals surface area contributed by atoms with Crippen molar-refractivity contribution < 1.29 is 4.74 Å². The topological polar surface area (TPSA) is 38.5 Å². The molecule has 0 spiro atoms. The zero-order valence-corrected chi connectivity index (χ0v) is 10.6. The number of rotatable bonds is 5. The Labute approximate surface area is 104 Å². The van der Waals surface area contributed by atoms with E-state index in [0.29, 0.717) is 0 Å². The minimum Gasteiger partial charge on any atom is -0.493 e. The third-order valence-corrected chi connectivity index (χ3v) is 3.25. The molecule has 2 N–H and O–H groups in total. The molecule has 1 atom stereocenters. The van der Waals surface area contributed by atoms with Gasteiger partial charge in [0.25, 0.3) is 0 Å². The van der Waals surface area contributed by atoms with Crippen LogP contribution in [0.5, 0.6) is 5.75 Å². The van der Waals surface area contributed by atoms with Crippen molar-refractivity contribution in [3.63, 3.8) is 0 Å². The van der Waals surface area contributed by atoms with E-state index in [9.17, 15) is 0 Å². The van der Waals surface area contributed by atoms with Crippen LogP contribution in [0.2, 0.25) is 0 Å². The number of hydrogen-bond acceptors (Lipinski definition) is 3. The molecule has 0 radical (unpaired) electrons. The number of benzene rings is 1. The van der Waals surface area contributed by atoms with Crippen LogP contribution < -0.4 is 10.5 Å². The first kappa shape index (κ1) is 12.2. The van der Waals surface area contributed by atoms with Crippen molar-refractivity contribution in [2.45, 2.75) is 19.8 Å². The minimum atomic E-state index is 0.760. The molecule has 94 valence electrons. The monoisotopic (exact) mass is 234 g/mol. The maximum atomic E-state index is 5.69. The first-order valence-corrected chi connectivity index (χ1v) is 6.45. The molecule has 3 heteroatoms. The molecule has 1 aliphatic heterocycles. The maximum Gasteiger partial charge on any atom is 0.121 e. The van der Waals surface area contributed by atoms with Gasteiger partial charge in [0.15, 0.2) is 0 Å². The van der Waals surface area contributed by atoms with Gasteiger partial charge in [-0.05, 0) is 37.4 Å². The molecule has 0 bridgehead atoms. The third kappa shape index (κ3) is 3.93. The van der Waals surface area contributed by atoms with Crippen LogP contribution in [-0.2, 0) is 0 Å². The summed E-state index contributed by atoms with van der Waals surface area (Å²) in [6.07, 6.45) is 2.43. The average Bonchev–Trinajstić information content (AvgIpc) is 2.71. The lowest BCUT2D eigenvalue weighted by Crippen LogP contribution is -2.22. The summed E-state index contributed by atoms with van der Waals surface area (Å²) in [6.45, 7) is 6.74. The van der Waals surface area contributed by atoms with Gasteiger partial charge < -0.3 is 15.4 Å². The number of ether oxygens (including phenoxy) is 1. The molecule has 0 amide bonds. The summed E-state index contributed by atoms with van der Waals surface area (Å²) in [4.78, 5) is 2.52. The van der Waals surface area contributed by atoms with Crippen LogP contribution in [-0.4, -0.2) is 31.1 Å². The molecular formula is C14H22N2O. The van der Waals surface area contributed by atoms with E-state index in [4.69, 9.17) is 10.5 Å². The van der Waals surface area contributed by atoms with Gasteiger partial charge in [-0.3, -0.25) is 0 Å². The smallest absolute Gasteiger partial charge is 0.121 e. The number of hydrogen-bond donors (Lipinski definition) is 1. The summed E-state index contributed by atoms with van der Waals surface area (Å²) in [6, 6.07) is 7.62. The van der Waals surface area contributed by atoms with Gasteiger partial charge in [0.1, 0.15) is 5.75 Å². The van der Waals surface area contributed by atoms with E-state index in [0.717, 1.165) is 36.9 Å². The van der Waals surface area contributed by atoms with E-state index in [-0.39, 0.29) is 0 Å². The number of anilines is 1. The van der Waals surface area contributed by atoms with Gasteiger partial charge in [0, 0.05) is 24.8 Å². The SMILES string of the molecule is CC1CCN(CCCOc2cccc(N)c2)C1. The van der Waals surface area contributed by atoms with Crippen LogP contribution in [0.3, 0.4) is 0 Å².